The van der Waals surface area contributed by atoms with E-state index >= 15 is 0 Å². The highest BCUT2D eigenvalue weighted by molar-refractivity contribution is 7.98. The first-order valence-electron chi connectivity index (χ1n) is 11.1. The van der Waals surface area contributed by atoms with Crippen LogP contribution in [-0.2, 0) is 10.5 Å². The van der Waals surface area contributed by atoms with Gasteiger partial charge in [0.15, 0.2) is 5.16 Å². The minimum atomic E-state index is -0.287. The van der Waals surface area contributed by atoms with Gasteiger partial charge in [0.05, 0.1) is 5.56 Å². The van der Waals surface area contributed by atoms with Crippen LogP contribution in [0.3, 0.4) is 0 Å². The van der Waals surface area contributed by atoms with E-state index in [0.29, 0.717) is 23.0 Å². The third-order valence-electron chi connectivity index (χ3n) is 6.53. The quantitative estimate of drug-likeness (QED) is 0.437. The van der Waals surface area contributed by atoms with Gasteiger partial charge in [0.2, 0.25) is 0 Å². The van der Waals surface area contributed by atoms with E-state index in [1.807, 2.05) is 48.5 Å². The highest BCUT2D eigenvalue weighted by Gasteiger charge is 2.49. The monoisotopic (exact) mass is 445 g/mol. The fourth-order valence-electron chi connectivity index (χ4n) is 5.21. The van der Waals surface area contributed by atoms with E-state index in [1.165, 1.54) is 17.3 Å². The molecule has 1 aliphatic heterocycles. The van der Waals surface area contributed by atoms with Gasteiger partial charge in [-0.05, 0) is 23.0 Å². The SMILES string of the molecule is CC1(C)CC(=O)C2C(C1)Nc1nc(SCc3ccccc3)[nH]c(=O)c1C2c1ccccc1. The van der Waals surface area contributed by atoms with Gasteiger partial charge in [-0.3, -0.25) is 9.59 Å². The Kier molecular flexibility index (Phi) is 5.41. The number of H-pyrrole nitrogens is 1. The fraction of sp³-hybridized carbons (Fsp3) is 0.346. The molecule has 0 saturated heterocycles. The lowest BCUT2D eigenvalue weighted by atomic mass is 9.62. The van der Waals surface area contributed by atoms with Crippen molar-refractivity contribution in [3.05, 3.63) is 87.7 Å². The van der Waals surface area contributed by atoms with E-state index in [-0.39, 0.29) is 34.6 Å². The van der Waals surface area contributed by atoms with E-state index in [9.17, 15) is 9.59 Å². The number of rotatable bonds is 4. The van der Waals surface area contributed by atoms with Gasteiger partial charge in [-0.1, -0.05) is 86.3 Å². The molecule has 5 nitrogen and oxygen atoms in total. The van der Waals surface area contributed by atoms with Crippen LogP contribution in [0.25, 0.3) is 0 Å². The number of aromatic nitrogens is 2. The first kappa shape index (κ1) is 21.0. The number of fused-ring (bicyclic) bond motifs is 2. The van der Waals surface area contributed by atoms with Crippen LogP contribution in [-0.4, -0.2) is 21.8 Å². The predicted octanol–water partition coefficient (Wildman–Crippen LogP) is 4.99. The van der Waals surface area contributed by atoms with E-state index in [0.717, 1.165) is 17.7 Å². The van der Waals surface area contributed by atoms with Crippen LogP contribution in [0.4, 0.5) is 5.82 Å². The van der Waals surface area contributed by atoms with Gasteiger partial charge in [0, 0.05) is 30.1 Å². The molecule has 3 atom stereocenters. The second-order valence-corrected chi connectivity index (χ2v) is 10.5. The molecule has 0 amide bonds. The molecule has 164 valence electrons. The van der Waals surface area contributed by atoms with Crippen molar-refractivity contribution in [2.45, 2.75) is 49.6 Å². The Hall–Kier alpha value is -2.86. The van der Waals surface area contributed by atoms with E-state index < -0.39 is 0 Å². The Bertz CT molecular complexity index is 1190. The van der Waals surface area contributed by atoms with Crippen LogP contribution >= 0.6 is 11.8 Å². The smallest absolute Gasteiger partial charge is 0.257 e. The van der Waals surface area contributed by atoms with Crippen LogP contribution < -0.4 is 10.9 Å². The average molecular weight is 446 g/mol. The number of carbonyl (C=O) groups is 1. The Labute approximate surface area is 192 Å². The molecule has 0 spiro atoms. The second kappa shape index (κ2) is 8.24. The van der Waals surface area contributed by atoms with Crippen LogP contribution in [0.15, 0.2) is 70.6 Å². The lowest BCUT2D eigenvalue weighted by Gasteiger charge is -2.46. The van der Waals surface area contributed by atoms with Gasteiger partial charge >= 0.3 is 0 Å². The normalized spacial score (nSPS) is 23.7. The molecule has 2 N–H and O–H groups in total. The number of carbonyl (C=O) groups excluding carboxylic acids is 1. The maximum atomic E-state index is 13.3. The molecule has 32 heavy (non-hydrogen) atoms. The van der Waals surface area contributed by atoms with Gasteiger partial charge in [-0.2, -0.15) is 0 Å². The van der Waals surface area contributed by atoms with Crippen molar-refractivity contribution >= 4 is 23.4 Å². The van der Waals surface area contributed by atoms with Gasteiger partial charge in [-0.25, -0.2) is 4.98 Å². The Morgan fingerprint density at radius 1 is 1.03 bits per heavy atom. The molecule has 1 aromatic heterocycles. The van der Waals surface area contributed by atoms with Crippen molar-refractivity contribution in [3.63, 3.8) is 0 Å². The van der Waals surface area contributed by atoms with Crippen molar-refractivity contribution in [2.24, 2.45) is 11.3 Å². The lowest BCUT2D eigenvalue weighted by molar-refractivity contribution is -0.129. The molecule has 2 aromatic carbocycles. The maximum Gasteiger partial charge on any atom is 0.257 e. The molecule has 5 rings (SSSR count). The highest BCUT2D eigenvalue weighted by Crippen LogP contribution is 2.48. The number of aromatic amines is 1. The Balaban J connectivity index is 1.56. The molecule has 3 unspecified atom stereocenters. The summed E-state index contributed by atoms with van der Waals surface area (Å²) < 4.78 is 0. The number of anilines is 1. The highest BCUT2D eigenvalue weighted by atomic mass is 32.2. The summed E-state index contributed by atoms with van der Waals surface area (Å²) in [5.41, 5.74) is 2.51. The molecule has 6 heteroatoms. The van der Waals surface area contributed by atoms with E-state index in [2.05, 4.69) is 36.3 Å². The molecule has 1 aliphatic carbocycles. The summed E-state index contributed by atoms with van der Waals surface area (Å²) in [6, 6.07) is 20.0. The molecule has 2 aliphatic rings. The van der Waals surface area contributed by atoms with Crippen molar-refractivity contribution in [2.75, 3.05) is 5.32 Å². The summed E-state index contributed by atoms with van der Waals surface area (Å²) in [4.78, 5) is 34.4. The van der Waals surface area contributed by atoms with Crippen LogP contribution in [0.1, 0.15) is 49.3 Å². The molecule has 0 bridgehead atoms. The van der Waals surface area contributed by atoms with Crippen molar-refractivity contribution < 1.29 is 4.79 Å². The summed E-state index contributed by atoms with van der Waals surface area (Å²) in [6.45, 7) is 4.28. The van der Waals surface area contributed by atoms with Crippen molar-refractivity contribution in [3.8, 4) is 0 Å². The molecule has 0 radical (unpaired) electrons. The molecule has 1 fully saturated rings. The minimum Gasteiger partial charge on any atom is -0.366 e. The minimum absolute atomic E-state index is 0.0368. The summed E-state index contributed by atoms with van der Waals surface area (Å²) >= 11 is 1.51. The predicted molar refractivity (Wildman–Crippen MR) is 128 cm³/mol. The third-order valence-corrected chi connectivity index (χ3v) is 7.48. The number of ketones is 1. The van der Waals surface area contributed by atoms with Gasteiger partial charge in [0.1, 0.15) is 11.6 Å². The van der Waals surface area contributed by atoms with Crippen molar-refractivity contribution in [1.82, 2.24) is 9.97 Å². The number of hydrogen-bond donors (Lipinski definition) is 2. The molecule has 1 saturated carbocycles. The third kappa shape index (κ3) is 3.99. The first-order valence-corrected chi connectivity index (χ1v) is 12.0. The van der Waals surface area contributed by atoms with Gasteiger partial charge in [-0.15, -0.1) is 0 Å². The summed E-state index contributed by atoms with van der Waals surface area (Å²) in [5, 5.41) is 4.09. The van der Waals surface area contributed by atoms with E-state index in [1.54, 1.807) is 0 Å². The van der Waals surface area contributed by atoms with Crippen LogP contribution in [0.2, 0.25) is 0 Å². The van der Waals surface area contributed by atoms with Crippen molar-refractivity contribution in [1.29, 1.82) is 0 Å². The number of nitrogens with zero attached hydrogens (tertiary/aromatic N) is 1. The fourth-order valence-corrected chi connectivity index (χ4v) is 6.03. The summed E-state index contributed by atoms with van der Waals surface area (Å²) in [6.07, 6.45) is 1.40. The lowest BCUT2D eigenvalue weighted by Crippen LogP contribution is -2.51. The number of hydrogen-bond acceptors (Lipinski definition) is 5. The number of nitrogens with one attached hydrogen (secondary N) is 2. The van der Waals surface area contributed by atoms with Crippen LogP contribution in [0, 0.1) is 11.3 Å². The zero-order chi connectivity index (χ0) is 22.3. The van der Waals surface area contributed by atoms with E-state index in [4.69, 9.17) is 4.98 Å². The molecular formula is C26H27N3O2S. The zero-order valence-electron chi connectivity index (χ0n) is 18.3. The Morgan fingerprint density at radius 3 is 2.44 bits per heavy atom. The van der Waals surface area contributed by atoms with Gasteiger partial charge < -0.3 is 10.3 Å². The average Bonchev–Trinajstić information content (AvgIpc) is 2.77. The number of thioether (sulfide) groups is 1. The first-order chi connectivity index (χ1) is 15.4. The number of Topliss-reactive ketones (excluding diaryl/α,β-unsaturated/α-hetero) is 1. The standard InChI is InChI=1S/C26H27N3O2S/c1-26(2)13-18-21(19(30)14-26)20(17-11-7-4-8-12-17)22-23(27-18)28-25(29-24(22)31)32-15-16-9-5-3-6-10-16/h3-12,18,20-21H,13-15H2,1-2H3,(H2,27,28,29,31). The summed E-state index contributed by atoms with van der Waals surface area (Å²) in [7, 11) is 0. The Morgan fingerprint density at radius 2 is 1.72 bits per heavy atom. The molecule has 3 aromatic rings. The second-order valence-electron chi connectivity index (χ2n) is 9.58. The van der Waals surface area contributed by atoms with Crippen LogP contribution in [0.5, 0.6) is 0 Å². The number of benzene rings is 2. The molecular weight excluding hydrogens is 418 g/mol. The largest absolute Gasteiger partial charge is 0.366 e. The topological polar surface area (TPSA) is 74.8 Å². The summed E-state index contributed by atoms with van der Waals surface area (Å²) in [5.74, 6) is 1.02. The molecule has 2 heterocycles. The maximum absolute atomic E-state index is 13.3. The zero-order valence-corrected chi connectivity index (χ0v) is 19.1. The van der Waals surface area contributed by atoms with Gasteiger partial charge in [0.25, 0.3) is 5.56 Å².